The Kier molecular flexibility index (Phi) is 12.2. The van der Waals surface area contributed by atoms with Gasteiger partial charge in [0.1, 0.15) is 6.17 Å². The Morgan fingerprint density at radius 1 is 1.18 bits per heavy atom. The van der Waals surface area contributed by atoms with Crippen LogP contribution in [0.25, 0.3) is 0 Å². The summed E-state index contributed by atoms with van der Waals surface area (Å²) >= 11 is 5.81. The first-order valence-electron chi connectivity index (χ1n) is 8.14. The molecule has 0 spiro atoms. The SMILES string of the molecule is C=CCCCc1ccc(C2N=CC(Cl)=CN2)cc1.CC.CC. The summed E-state index contributed by atoms with van der Waals surface area (Å²) in [5, 5.41) is 3.78. The molecule has 0 radical (unpaired) electrons. The topological polar surface area (TPSA) is 24.4 Å². The Morgan fingerprint density at radius 3 is 2.32 bits per heavy atom. The van der Waals surface area contributed by atoms with E-state index in [2.05, 4.69) is 41.2 Å². The van der Waals surface area contributed by atoms with E-state index < -0.39 is 0 Å². The van der Waals surface area contributed by atoms with Gasteiger partial charge in [-0.2, -0.15) is 0 Å². The fourth-order valence-corrected chi connectivity index (χ4v) is 2.00. The average molecular weight is 321 g/mol. The van der Waals surface area contributed by atoms with E-state index in [-0.39, 0.29) is 6.17 Å². The maximum absolute atomic E-state index is 5.81. The number of aryl methyl sites for hydroxylation is 1. The average Bonchev–Trinajstić information content (AvgIpc) is 2.60. The fraction of sp³-hybridized carbons (Fsp3) is 0.421. The zero-order valence-corrected chi connectivity index (χ0v) is 15.0. The van der Waals surface area contributed by atoms with Gasteiger partial charge in [-0.25, -0.2) is 0 Å². The van der Waals surface area contributed by atoms with Gasteiger partial charge in [0, 0.05) is 12.4 Å². The van der Waals surface area contributed by atoms with E-state index in [0.717, 1.165) is 24.8 Å². The van der Waals surface area contributed by atoms with Crippen molar-refractivity contribution in [3.8, 4) is 0 Å². The number of unbranched alkanes of at least 4 members (excludes halogenated alkanes) is 1. The van der Waals surface area contributed by atoms with Crippen LogP contribution in [0.2, 0.25) is 0 Å². The fourth-order valence-electron chi connectivity index (χ4n) is 1.88. The first-order chi connectivity index (χ1) is 10.8. The molecule has 0 saturated heterocycles. The molecule has 0 aromatic heterocycles. The minimum atomic E-state index is -0.0188. The van der Waals surface area contributed by atoms with Crippen molar-refractivity contribution < 1.29 is 0 Å². The van der Waals surface area contributed by atoms with Gasteiger partial charge in [-0.05, 0) is 30.4 Å². The van der Waals surface area contributed by atoms with Crippen LogP contribution in [0, 0.1) is 0 Å². The normalized spacial score (nSPS) is 15.3. The number of hydrogen-bond acceptors (Lipinski definition) is 2. The molecule has 0 saturated carbocycles. The van der Waals surface area contributed by atoms with E-state index in [1.54, 1.807) is 12.4 Å². The maximum Gasteiger partial charge on any atom is 0.144 e. The first-order valence-corrected chi connectivity index (χ1v) is 8.52. The summed E-state index contributed by atoms with van der Waals surface area (Å²) in [6, 6.07) is 8.56. The third kappa shape index (κ3) is 7.46. The summed E-state index contributed by atoms with van der Waals surface area (Å²) in [5.41, 5.74) is 2.51. The van der Waals surface area contributed by atoms with E-state index in [9.17, 15) is 0 Å². The lowest BCUT2D eigenvalue weighted by molar-refractivity contribution is 0.651. The summed E-state index contributed by atoms with van der Waals surface area (Å²) in [4.78, 5) is 4.34. The smallest absolute Gasteiger partial charge is 0.144 e. The zero-order chi connectivity index (χ0) is 16.8. The van der Waals surface area contributed by atoms with Gasteiger partial charge in [0.25, 0.3) is 0 Å². The molecule has 1 aromatic carbocycles. The predicted octanol–water partition coefficient (Wildman–Crippen LogP) is 6.00. The quantitative estimate of drug-likeness (QED) is 0.522. The Hall–Kier alpha value is -1.54. The summed E-state index contributed by atoms with van der Waals surface area (Å²) in [5.74, 6) is 0. The van der Waals surface area contributed by atoms with Crippen molar-refractivity contribution in [1.29, 1.82) is 0 Å². The highest BCUT2D eigenvalue weighted by Gasteiger charge is 2.10. The first kappa shape index (κ1) is 20.5. The molecule has 22 heavy (non-hydrogen) atoms. The van der Waals surface area contributed by atoms with E-state index >= 15 is 0 Å². The molecule has 1 aromatic rings. The van der Waals surface area contributed by atoms with Crippen LogP contribution in [0.3, 0.4) is 0 Å². The number of nitrogens with zero attached hydrogens (tertiary/aromatic N) is 1. The van der Waals surface area contributed by atoms with Crippen LogP contribution in [0.1, 0.15) is 57.8 Å². The molecule has 2 rings (SSSR count). The minimum Gasteiger partial charge on any atom is -0.365 e. The second-order valence-electron chi connectivity index (χ2n) is 4.30. The van der Waals surface area contributed by atoms with Gasteiger partial charge in [0.15, 0.2) is 0 Å². The number of allylic oxidation sites excluding steroid dienone is 2. The number of aliphatic imine (C=N–C) groups is 1. The molecule has 0 amide bonds. The van der Waals surface area contributed by atoms with Crippen LogP contribution in [-0.4, -0.2) is 6.21 Å². The predicted molar refractivity (Wildman–Crippen MR) is 101 cm³/mol. The number of hydrogen-bond donors (Lipinski definition) is 1. The number of benzene rings is 1. The summed E-state index contributed by atoms with van der Waals surface area (Å²) in [7, 11) is 0. The zero-order valence-electron chi connectivity index (χ0n) is 14.3. The molecule has 122 valence electrons. The van der Waals surface area contributed by atoms with Crippen LogP contribution >= 0.6 is 11.6 Å². The lowest BCUT2D eigenvalue weighted by atomic mass is 10.0. The van der Waals surface area contributed by atoms with E-state index in [1.807, 2.05) is 33.8 Å². The van der Waals surface area contributed by atoms with Gasteiger partial charge in [-0.15, -0.1) is 6.58 Å². The van der Waals surface area contributed by atoms with Gasteiger partial charge >= 0.3 is 0 Å². The van der Waals surface area contributed by atoms with Gasteiger partial charge in [-0.3, -0.25) is 4.99 Å². The third-order valence-corrected chi connectivity index (χ3v) is 3.10. The van der Waals surface area contributed by atoms with Crippen LogP contribution < -0.4 is 5.32 Å². The molecular formula is C19H29ClN2. The molecule has 3 heteroatoms. The van der Waals surface area contributed by atoms with Crippen LogP contribution in [-0.2, 0) is 6.42 Å². The molecule has 1 aliphatic heterocycles. The van der Waals surface area contributed by atoms with Crippen molar-refractivity contribution in [2.45, 2.75) is 53.1 Å². The highest BCUT2D eigenvalue weighted by Crippen LogP contribution is 2.19. The van der Waals surface area contributed by atoms with Crippen molar-refractivity contribution in [2.24, 2.45) is 4.99 Å². The Bertz CT molecular complexity index is 461. The van der Waals surface area contributed by atoms with Crippen molar-refractivity contribution in [2.75, 3.05) is 0 Å². The van der Waals surface area contributed by atoms with Crippen molar-refractivity contribution in [3.63, 3.8) is 0 Å². The second-order valence-corrected chi connectivity index (χ2v) is 4.74. The Morgan fingerprint density at radius 2 is 1.82 bits per heavy atom. The lowest BCUT2D eigenvalue weighted by Crippen LogP contribution is -2.17. The molecule has 1 N–H and O–H groups in total. The van der Waals surface area contributed by atoms with E-state index in [1.165, 1.54) is 5.56 Å². The van der Waals surface area contributed by atoms with Crippen molar-refractivity contribution in [3.05, 3.63) is 59.3 Å². The molecule has 0 bridgehead atoms. The maximum atomic E-state index is 5.81. The monoisotopic (exact) mass is 320 g/mol. The largest absolute Gasteiger partial charge is 0.365 e. The number of rotatable bonds is 5. The second kappa shape index (κ2) is 13.1. The summed E-state index contributed by atoms with van der Waals surface area (Å²) < 4.78 is 0. The summed E-state index contributed by atoms with van der Waals surface area (Å²) in [6.45, 7) is 11.7. The highest BCUT2D eigenvalue weighted by atomic mass is 35.5. The van der Waals surface area contributed by atoms with Crippen molar-refractivity contribution >= 4 is 17.8 Å². The molecule has 1 unspecified atom stereocenters. The number of halogens is 1. The molecular weight excluding hydrogens is 292 g/mol. The Labute approximate surface area is 141 Å². The summed E-state index contributed by atoms with van der Waals surface area (Å²) in [6.07, 6.45) is 8.72. The molecule has 1 atom stereocenters. The lowest BCUT2D eigenvalue weighted by Gasteiger charge is -2.16. The van der Waals surface area contributed by atoms with Crippen LogP contribution in [0.4, 0.5) is 0 Å². The highest BCUT2D eigenvalue weighted by molar-refractivity contribution is 6.39. The van der Waals surface area contributed by atoms with E-state index in [4.69, 9.17) is 11.6 Å². The van der Waals surface area contributed by atoms with Gasteiger partial charge in [0.05, 0.1) is 5.03 Å². The van der Waals surface area contributed by atoms with Gasteiger partial charge < -0.3 is 5.32 Å². The van der Waals surface area contributed by atoms with E-state index in [0.29, 0.717) is 5.03 Å². The van der Waals surface area contributed by atoms with Crippen LogP contribution in [0.5, 0.6) is 0 Å². The molecule has 0 aliphatic carbocycles. The number of nitrogens with one attached hydrogen (secondary N) is 1. The standard InChI is InChI=1S/C15H17ClN2.2C2H6/c1-2-3-4-5-12-6-8-13(9-7-12)15-17-10-14(16)11-18-15;2*1-2/h2,6-11,15,17H,1,3-5H2;2*1-2H3. The Balaban J connectivity index is 0.00000102. The molecule has 1 heterocycles. The van der Waals surface area contributed by atoms with Gasteiger partial charge in [0.2, 0.25) is 0 Å². The molecule has 1 aliphatic rings. The minimum absolute atomic E-state index is 0.0188. The third-order valence-electron chi connectivity index (χ3n) is 2.90. The van der Waals surface area contributed by atoms with Crippen LogP contribution in [0.15, 0.2) is 53.1 Å². The molecule has 0 fully saturated rings. The van der Waals surface area contributed by atoms with Gasteiger partial charge in [-0.1, -0.05) is 69.6 Å². The molecule has 2 nitrogen and oxygen atoms in total. The van der Waals surface area contributed by atoms with Crippen molar-refractivity contribution in [1.82, 2.24) is 5.32 Å².